The van der Waals surface area contributed by atoms with Crippen LogP contribution in [0.3, 0.4) is 0 Å². The second kappa shape index (κ2) is 8.83. The lowest BCUT2D eigenvalue weighted by atomic mass is 9.84. The Morgan fingerprint density at radius 2 is 0.688 bits per heavy atom. The molecule has 4 heterocycles. The van der Waals surface area contributed by atoms with Crippen LogP contribution in [0.25, 0.3) is 76.2 Å². The van der Waals surface area contributed by atoms with E-state index in [1.807, 2.05) is 0 Å². The van der Waals surface area contributed by atoms with Gasteiger partial charge >= 0.3 is 0 Å². The molecule has 0 atom stereocenters. The highest BCUT2D eigenvalue weighted by atomic mass is 14.9. The fraction of sp³-hybridized carbons (Fsp3) is 0.348. The molecule has 2 nitrogen and oxygen atoms in total. The normalized spacial score (nSPS) is 14.2. The lowest BCUT2D eigenvalue weighted by Crippen LogP contribution is -2.11. The molecule has 9 aromatic rings. The number of rotatable bonds is 0. The fourth-order valence-electron chi connectivity index (χ4n) is 8.48. The first kappa shape index (κ1) is 29.8. The van der Waals surface area contributed by atoms with E-state index in [1.54, 1.807) is 0 Å². The molecule has 5 aromatic carbocycles. The van der Waals surface area contributed by atoms with Gasteiger partial charge in [-0.05, 0) is 98.5 Å². The van der Waals surface area contributed by atoms with Crippen LogP contribution in [-0.4, -0.2) is 8.80 Å². The van der Waals surface area contributed by atoms with Crippen LogP contribution in [0.4, 0.5) is 0 Å². The second-order valence-electron chi connectivity index (χ2n) is 18.8. The van der Waals surface area contributed by atoms with Crippen LogP contribution in [-0.2, 0) is 21.7 Å². The first-order chi connectivity index (χ1) is 22.3. The Kier molecular flexibility index (Phi) is 5.48. The van der Waals surface area contributed by atoms with E-state index in [4.69, 9.17) is 0 Å². The number of aromatic nitrogens is 2. The summed E-state index contributed by atoms with van der Waals surface area (Å²) in [7, 11) is 0. The maximum Gasteiger partial charge on any atom is 0.0628 e. The van der Waals surface area contributed by atoms with Gasteiger partial charge in [0, 0.05) is 43.1 Å². The van der Waals surface area contributed by atoms with Gasteiger partial charge in [0.05, 0.1) is 33.1 Å². The Hall–Kier alpha value is -4.30. The molecule has 9 rings (SSSR count). The van der Waals surface area contributed by atoms with Gasteiger partial charge in [-0.1, -0.05) is 101 Å². The van der Waals surface area contributed by atoms with Crippen molar-refractivity contribution >= 4 is 76.2 Å². The minimum atomic E-state index is 0.0174. The molecule has 0 fully saturated rings. The third-order valence-electron chi connectivity index (χ3n) is 11.4. The summed E-state index contributed by atoms with van der Waals surface area (Å²) in [6, 6.07) is 29.2. The molecule has 0 N–H and O–H groups in total. The Morgan fingerprint density at radius 3 is 1.17 bits per heavy atom. The van der Waals surface area contributed by atoms with Crippen molar-refractivity contribution in [2.24, 2.45) is 0 Å². The smallest absolute Gasteiger partial charge is 0.0628 e. The zero-order valence-electron chi connectivity index (χ0n) is 30.8. The van der Waals surface area contributed by atoms with Crippen LogP contribution in [0.1, 0.15) is 105 Å². The fourth-order valence-corrected chi connectivity index (χ4v) is 8.48. The van der Waals surface area contributed by atoms with Crippen LogP contribution in [0.15, 0.2) is 72.8 Å². The van der Waals surface area contributed by atoms with Crippen molar-refractivity contribution in [1.82, 2.24) is 8.80 Å². The summed E-state index contributed by atoms with van der Waals surface area (Å²) >= 11 is 0. The van der Waals surface area contributed by atoms with Gasteiger partial charge in [0.1, 0.15) is 0 Å². The molecule has 4 aromatic heterocycles. The average molecular weight is 629 g/mol. The monoisotopic (exact) mass is 628 g/mol. The highest BCUT2D eigenvalue weighted by Gasteiger charge is 2.29. The molecule has 0 bridgehead atoms. The minimum absolute atomic E-state index is 0.0174. The Labute approximate surface area is 284 Å². The SMILES string of the molecule is CC(C)(C)c1ccc2c(c1)c1cc(C(C)(C)C)cc3c4c5c6cc(C(C)(C)C)ccc6n6c7ccc(C(C)(C)C)cc7c(cc4n2c13)c56. The van der Waals surface area contributed by atoms with Crippen LogP contribution < -0.4 is 0 Å². The topological polar surface area (TPSA) is 8.82 Å². The van der Waals surface area contributed by atoms with Gasteiger partial charge in [-0.25, -0.2) is 0 Å². The van der Waals surface area contributed by atoms with Crippen molar-refractivity contribution in [2.45, 2.75) is 105 Å². The summed E-state index contributed by atoms with van der Waals surface area (Å²) in [5.74, 6) is 0. The van der Waals surface area contributed by atoms with E-state index in [1.165, 1.54) is 98.4 Å². The molecule has 0 unspecified atom stereocenters. The predicted molar refractivity (Wildman–Crippen MR) is 211 cm³/mol. The summed E-state index contributed by atoms with van der Waals surface area (Å²) in [5, 5.41) is 11.0. The number of benzene rings is 5. The van der Waals surface area contributed by atoms with E-state index < -0.39 is 0 Å². The van der Waals surface area contributed by atoms with Gasteiger partial charge in [0.2, 0.25) is 0 Å². The highest BCUT2D eigenvalue weighted by Crippen LogP contribution is 2.50. The van der Waals surface area contributed by atoms with Crippen molar-refractivity contribution in [3.8, 4) is 0 Å². The number of hydrogen-bond donors (Lipinski definition) is 0. The summed E-state index contributed by atoms with van der Waals surface area (Å²) < 4.78 is 5.17. The number of hydrogen-bond acceptors (Lipinski definition) is 0. The first-order valence-corrected chi connectivity index (χ1v) is 17.8. The van der Waals surface area contributed by atoms with E-state index in [-0.39, 0.29) is 21.7 Å². The average Bonchev–Trinajstić information content (AvgIpc) is 3.70. The quantitative estimate of drug-likeness (QED) is 0.158. The maximum atomic E-state index is 2.60. The molecule has 0 radical (unpaired) electrons. The molecular formula is C46H48N2. The molecule has 0 aliphatic heterocycles. The Morgan fingerprint density at radius 1 is 0.312 bits per heavy atom. The van der Waals surface area contributed by atoms with Gasteiger partial charge in [-0.2, -0.15) is 0 Å². The highest BCUT2D eigenvalue weighted by molar-refractivity contribution is 6.38. The molecule has 2 heteroatoms. The van der Waals surface area contributed by atoms with Crippen LogP contribution >= 0.6 is 0 Å². The zero-order chi connectivity index (χ0) is 34.0. The predicted octanol–water partition coefficient (Wildman–Crippen LogP) is 13.2. The minimum Gasteiger partial charge on any atom is -0.308 e. The summed E-state index contributed by atoms with van der Waals surface area (Å²) in [6.45, 7) is 28.0. The van der Waals surface area contributed by atoms with E-state index in [9.17, 15) is 0 Å². The summed E-state index contributed by atoms with van der Waals surface area (Å²) in [5.41, 5.74) is 13.7. The molecular weight excluding hydrogens is 581 g/mol. The van der Waals surface area contributed by atoms with Crippen molar-refractivity contribution < 1.29 is 0 Å². The molecule has 0 amide bonds. The van der Waals surface area contributed by atoms with E-state index in [2.05, 4.69) is 165 Å². The van der Waals surface area contributed by atoms with Gasteiger partial charge in [0.15, 0.2) is 0 Å². The third-order valence-corrected chi connectivity index (χ3v) is 11.4. The van der Waals surface area contributed by atoms with E-state index in [0.29, 0.717) is 0 Å². The van der Waals surface area contributed by atoms with Crippen molar-refractivity contribution in [3.05, 3.63) is 95.1 Å². The van der Waals surface area contributed by atoms with Crippen molar-refractivity contribution in [1.29, 1.82) is 0 Å². The van der Waals surface area contributed by atoms with Crippen LogP contribution in [0, 0.1) is 0 Å². The van der Waals surface area contributed by atoms with E-state index in [0.717, 1.165) is 0 Å². The summed E-state index contributed by atoms with van der Waals surface area (Å²) in [4.78, 5) is 0. The zero-order valence-corrected chi connectivity index (χ0v) is 30.8. The lowest BCUT2D eigenvalue weighted by Gasteiger charge is -2.20. The molecule has 0 saturated heterocycles. The standard InChI is InChI=1S/C46H48N2/c1-43(2,3)25-14-17-36-29(19-25)31-22-28(46(10,11)12)23-34-39-38(48(36)41(31)34)24-32-30-20-26(44(4,5)6)13-16-35(30)47-37-18-15-27(45(7,8)9)21-33(37)40(39)42(32)47/h13-24H,1-12H3. The van der Waals surface area contributed by atoms with Gasteiger partial charge in [0.25, 0.3) is 0 Å². The van der Waals surface area contributed by atoms with Crippen molar-refractivity contribution in [2.75, 3.05) is 0 Å². The molecule has 0 saturated carbocycles. The summed E-state index contributed by atoms with van der Waals surface area (Å²) in [6.07, 6.45) is 0. The van der Waals surface area contributed by atoms with Gasteiger partial charge < -0.3 is 8.80 Å². The number of fused-ring (bicyclic) bond motifs is 13. The van der Waals surface area contributed by atoms with E-state index >= 15 is 0 Å². The van der Waals surface area contributed by atoms with Crippen LogP contribution in [0.2, 0.25) is 0 Å². The molecule has 0 spiro atoms. The maximum absolute atomic E-state index is 2.60. The Bertz CT molecular complexity index is 2790. The van der Waals surface area contributed by atoms with Crippen molar-refractivity contribution in [3.63, 3.8) is 0 Å². The number of nitrogens with zero attached hydrogens (tertiary/aromatic N) is 2. The Balaban J connectivity index is 1.60. The second-order valence-corrected chi connectivity index (χ2v) is 18.8. The van der Waals surface area contributed by atoms with Gasteiger partial charge in [-0.3, -0.25) is 0 Å². The molecule has 0 aliphatic rings. The first-order valence-electron chi connectivity index (χ1n) is 17.8. The molecule has 242 valence electrons. The molecule has 48 heavy (non-hydrogen) atoms. The largest absolute Gasteiger partial charge is 0.308 e. The van der Waals surface area contributed by atoms with Crippen LogP contribution in [0.5, 0.6) is 0 Å². The lowest BCUT2D eigenvalue weighted by molar-refractivity contribution is 0.590. The van der Waals surface area contributed by atoms with Gasteiger partial charge in [-0.15, -0.1) is 0 Å². The molecule has 0 aliphatic carbocycles. The third kappa shape index (κ3) is 3.81.